The largest absolute Gasteiger partial charge is 0.319 e. The van der Waals surface area contributed by atoms with E-state index in [-0.39, 0.29) is 11.9 Å². The summed E-state index contributed by atoms with van der Waals surface area (Å²) < 4.78 is 3.62. The molecule has 0 aliphatic heterocycles. The predicted molar refractivity (Wildman–Crippen MR) is 119 cm³/mol. The summed E-state index contributed by atoms with van der Waals surface area (Å²) in [6.45, 7) is 9.98. The Kier molecular flexibility index (Phi) is 4.89. The number of amides is 1. The molecule has 0 aliphatic carbocycles. The van der Waals surface area contributed by atoms with Gasteiger partial charge in [0.2, 0.25) is 0 Å². The van der Waals surface area contributed by atoms with Gasteiger partial charge < -0.3 is 5.32 Å². The monoisotopic (exact) mass is 402 g/mol. The van der Waals surface area contributed by atoms with Crippen LogP contribution in [0.3, 0.4) is 0 Å². The molecular weight excluding hydrogens is 376 g/mol. The van der Waals surface area contributed by atoms with Crippen molar-refractivity contribution in [2.24, 2.45) is 7.05 Å². The Balaban J connectivity index is 1.90. The molecule has 7 nitrogen and oxygen atoms in total. The van der Waals surface area contributed by atoms with Crippen molar-refractivity contribution in [3.8, 4) is 11.3 Å². The number of aryl methyl sites for hydroxylation is 3. The van der Waals surface area contributed by atoms with Crippen molar-refractivity contribution < 1.29 is 4.79 Å². The number of pyridine rings is 1. The summed E-state index contributed by atoms with van der Waals surface area (Å²) in [6, 6.07) is 10.0. The SMILES string of the molecule is Cc1ccccc1-c1cc(C(=O)Nc2c(C)nn(C)c2C)c2cnn(C(C)C)c2n1. The highest BCUT2D eigenvalue weighted by Crippen LogP contribution is 2.29. The number of nitrogens with one attached hydrogen (secondary N) is 1. The molecule has 0 saturated heterocycles. The van der Waals surface area contributed by atoms with Gasteiger partial charge in [0.15, 0.2) is 5.65 Å². The Bertz CT molecular complexity index is 1260. The molecule has 4 rings (SSSR count). The van der Waals surface area contributed by atoms with Crippen molar-refractivity contribution in [1.29, 1.82) is 0 Å². The molecular formula is C23H26N6O. The van der Waals surface area contributed by atoms with Gasteiger partial charge in [-0.15, -0.1) is 0 Å². The van der Waals surface area contributed by atoms with Gasteiger partial charge in [0.05, 0.1) is 39.9 Å². The molecule has 0 spiro atoms. The zero-order valence-electron chi connectivity index (χ0n) is 18.2. The van der Waals surface area contributed by atoms with Gasteiger partial charge in [0.1, 0.15) is 0 Å². The third-order valence-corrected chi connectivity index (χ3v) is 5.47. The summed E-state index contributed by atoms with van der Waals surface area (Å²) in [5.74, 6) is -0.195. The van der Waals surface area contributed by atoms with Gasteiger partial charge in [-0.05, 0) is 46.2 Å². The van der Waals surface area contributed by atoms with E-state index in [4.69, 9.17) is 4.98 Å². The number of benzene rings is 1. The molecule has 1 amide bonds. The molecule has 4 aromatic rings. The number of nitrogens with zero attached hydrogens (tertiary/aromatic N) is 5. The van der Waals surface area contributed by atoms with Gasteiger partial charge in [-0.3, -0.25) is 9.48 Å². The van der Waals surface area contributed by atoms with E-state index in [0.717, 1.165) is 39.3 Å². The summed E-state index contributed by atoms with van der Waals surface area (Å²) in [5, 5.41) is 12.7. The maximum atomic E-state index is 13.4. The van der Waals surface area contributed by atoms with Crippen molar-refractivity contribution in [3.05, 3.63) is 59.0 Å². The minimum atomic E-state index is -0.195. The van der Waals surface area contributed by atoms with E-state index in [2.05, 4.69) is 29.4 Å². The van der Waals surface area contributed by atoms with Crippen molar-refractivity contribution in [2.45, 2.75) is 40.7 Å². The van der Waals surface area contributed by atoms with Crippen molar-refractivity contribution >= 4 is 22.6 Å². The number of aromatic nitrogens is 5. The second kappa shape index (κ2) is 7.40. The smallest absolute Gasteiger partial charge is 0.256 e. The topological polar surface area (TPSA) is 77.6 Å². The molecule has 0 atom stereocenters. The first-order chi connectivity index (χ1) is 14.3. The summed E-state index contributed by atoms with van der Waals surface area (Å²) in [5.41, 5.74) is 6.54. The van der Waals surface area contributed by atoms with Gasteiger partial charge >= 0.3 is 0 Å². The van der Waals surface area contributed by atoms with Crippen LogP contribution in [0.25, 0.3) is 22.3 Å². The lowest BCUT2D eigenvalue weighted by atomic mass is 10.0. The molecule has 1 aromatic carbocycles. The lowest BCUT2D eigenvalue weighted by Crippen LogP contribution is -2.14. The molecule has 3 aromatic heterocycles. The minimum absolute atomic E-state index is 0.126. The van der Waals surface area contributed by atoms with Gasteiger partial charge in [-0.25, -0.2) is 9.67 Å². The van der Waals surface area contributed by atoms with Crippen LogP contribution in [0.1, 0.15) is 47.2 Å². The molecule has 30 heavy (non-hydrogen) atoms. The Morgan fingerprint density at radius 1 is 1.13 bits per heavy atom. The molecule has 3 heterocycles. The average Bonchev–Trinajstić information content (AvgIpc) is 3.24. The highest BCUT2D eigenvalue weighted by molar-refractivity contribution is 6.13. The highest BCUT2D eigenvalue weighted by atomic mass is 16.1. The molecule has 0 aliphatic rings. The Morgan fingerprint density at radius 3 is 2.50 bits per heavy atom. The standard InChI is InChI=1S/C23H26N6O/c1-13(2)29-22-19(12-24-29)18(11-20(25-22)17-10-8-7-9-14(17)3)23(30)26-21-15(4)27-28(6)16(21)5/h7-13H,1-6H3,(H,26,30). The number of anilines is 1. The van der Waals surface area contributed by atoms with Crippen molar-refractivity contribution in [3.63, 3.8) is 0 Å². The van der Waals surface area contributed by atoms with E-state index in [9.17, 15) is 4.79 Å². The third kappa shape index (κ3) is 3.26. The number of hydrogen-bond donors (Lipinski definition) is 1. The van der Waals surface area contributed by atoms with E-state index in [0.29, 0.717) is 11.2 Å². The molecule has 0 unspecified atom stereocenters. The summed E-state index contributed by atoms with van der Waals surface area (Å²) >= 11 is 0. The summed E-state index contributed by atoms with van der Waals surface area (Å²) in [6.07, 6.45) is 1.72. The maximum Gasteiger partial charge on any atom is 0.256 e. The van der Waals surface area contributed by atoms with Crippen LogP contribution in [0.2, 0.25) is 0 Å². The van der Waals surface area contributed by atoms with E-state index < -0.39 is 0 Å². The zero-order chi connectivity index (χ0) is 21.6. The average molecular weight is 403 g/mol. The second-order valence-electron chi connectivity index (χ2n) is 7.91. The molecule has 0 fully saturated rings. The lowest BCUT2D eigenvalue weighted by molar-refractivity contribution is 0.102. The molecule has 1 N–H and O–H groups in total. The van der Waals surface area contributed by atoms with Crippen LogP contribution in [-0.2, 0) is 7.05 Å². The number of carbonyl (C=O) groups is 1. The minimum Gasteiger partial charge on any atom is -0.319 e. The number of rotatable bonds is 4. The molecule has 7 heteroatoms. The molecule has 0 saturated carbocycles. The van der Waals surface area contributed by atoms with E-state index in [1.807, 2.05) is 62.8 Å². The second-order valence-corrected chi connectivity index (χ2v) is 7.91. The van der Waals surface area contributed by atoms with Crippen LogP contribution in [0.5, 0.6) is 0 Å². The summed E-state index contributed by atoms with van der Waals surface area (Å²) in [4.78, 5) is 18.3. The fourth-order valence-electron chi connectivity index (χ4n) is 3.72. The van der Waals surface area contributed by atoms with Gasteiger partial charge in [-0.2, -0.15) is 10.2 Å². The van der Waals surface area contributed by atoms with Crippen LogP contribution in [0, 0.1) is 20.8 Å². The predicted octanol–water partition coefficient (Wildman–Crippen LogP) is 4.59. The van der Waals surface area contributed by atoms with Gasteiger partial charge in [0.25, 0.3) is 5.91 Å². The fourth-order valence-corrected chi connectivity index (χ4v) is 3.72. The van der Waals surface area contributed by atoms with E-state index >= 15 is 0 Å². The Hall–Kier alpha value is -3.48. The van der Waals surface area contributed by atoms with Crippen LogP contribution in [-0.4, -0.2) is 30.5 Å². The van der Waals surface area contributed by atoms with Crippen LogP contribution in [0.4, 0.5) is 5.69 Å². The van der Waals surface area contributed by atoms with Gasteiger partial charge in [0, 0.05) is 18.7 Å². The quantitative estimate of drug-likeness (QED) is 0.542. The fraction of sp³-hybridized carbons (Fsp3) is 0.304. The van der Waals surface area contributed by atoms with Gasteiger partial charge in [-0.1, -0.05) is 24.3 Å². The number of carbonyl (C=O) groups excluding carboxylic acids is 1. The normalized spacial score (nSPS) is 11.4. The maximum absolute atomic E-state index is 13.4. The first-order valence-corrected chi connectivity index (χ1v) is 10.0. The molecule has 154 valence electrons. The van der Waals surface area contributed by atoms with Crippen molar-refractivity contribution in [2.75, 3.05) is 5.32 Å². The molecule has 0 bridgehead atoms. The van der Waals surface area contributed by atoms with E-state index in [1.165, 1.54) is 0 Å². The Morgan fingerprint density at radius 2 is 1.87 bits per heavy atom. The van der Waals surface area contributed by atoms with Crippen LogP contribution >= 0.6 is 0 Å². The van der Waals surface area contributed by atoms with Crippen LogP contribution in [0.15, 0.2) is 36.5 Å². The number of hydrogen-bond acceptors (Lipinski definition) is 4. The third-order valence-electron chi connectivity index (χ3n) is 5.47. The summed E-state index contributed by atoms with van der Waals surface area (Å²) in [7, 11) is 1.87. The highest BCUT2D eigenvalue weighted by Gasteiger charge is 2.21. The van der Waals surface area contributed by atoms with Crippen molar-refractivity contribution in [1.82, 2.24) is 24.5 Å². The Labute approximate surface area is 175 Å². The van der Waals surface area contributed by atoms with E-state index in [1.54, 1.807) is 10.9 Å². The zero-order valence-corrected chi connectivity index (χ0v) is 18.2. The first-order valence-electron chi connectivity index (χ1n) is 10.0. The number of fused-ring (bicyclic) bond motifs is 1. The van der Waals surface area contributed by atoms with Crippen LogP contribution < -0.4 is 5.32 Å². The molecule has 0 radical (unpaired) electrons. The first kappa shape index (κ1) is 19.8. The lowest BCUT2D eigenvalue weighted by Gasteiger charge is -2.12.